The van der Waals surface area contributed by atoms with Crippen molar-refractivity contribution >= 4 is 18.5 Å². The number of hydrogen-bond donors (Lipinski definition) is 3. The molecule has 1 amide bonds. The van der Waals surface area contributed by atoms with Crippen LogP contribution in [0.25, 0.3) is 0 Å². The largest absolute Gasteiger partial charge is 0.395 e. The van der Waals surface area contributed by atoms with E-state index in [1.165, 1.54) is 4.90 Å². The molecule has 2 N–H and O–H groups in total. The van der Waals surface area contributed by atoms with Crippen LogP contribution in [0.3, 0.4) is 0 Å². The van der Waals surface area contributed by atoms with Crippen molar-refractivity contribution in [2.24, 2.45) is 0 Å². The average molecular weight is 255 g/mol. The molecule has 0 saturated heterocycles. The van der Waals surface area contributed by atoms with Crippen LogP contribution in [0, 0.1) is 6.92 Å². The quantitative estimate of drug-likeness (QED) is 0.679. The third-order valence-corrected chi connectivity index (χ3v) is 2.76. The lowest BCUT2D eigenvalue weighted by atomic mass is 10.1. The average Bonchev–Trinajstić information content (AvgIpc) is 2.31. The Morgan fingerprint density at radius 3 is 2.41 bits per heavy atom. The summed E-state index contributed by atoms with van der Waals surface area (Å²) in [6.45, 7) is 2.04. The number of benzene rings is 1. The molecule has 0 bridgehead atoms. The minimum Gasteiger partial charge on any atom is -0.395 e. The van der Waals surface area contributed by atoms with E-state index in [0.717, 1.165) is 5.56 Å². The van der Waals surface area contributed by atoms with Crippen molar-refractivity contribution < 1.29 is 15.0 Å². The molecule has 0 radical (unpaired) electrons. The number of rotatable bonds is 5. The molecule has 5 heteroatoms. The first kappa shape index (κ1) is 14.0. The van der Waals surface area contributed by atoms with Crippen molar-refractivity contribution in [1.29, 1.82) is 0 Å². The van der Waals surface area contributed by atoms with Crippen molar-refractivity contribution in [3.05, 3.63) is 29.3 Å². The van der Waals surface area contributed by atoms with E-state index in [2.05, 4.69) is 12.6 Å². The molecule has 0 heterocycles. The highest BCUT2D eigenvalue weighted by atomic mass is 32.1. The summed E-state index contributed by atoms with van der Waals surface area (Å²) in [5.74, 6) is -0.193. The first-order chi connectivity index (χ1) is 8.10. The van der Waals surface area contributed by atoms with Crippen LogP contribution in [-0.2, 0) is 0 Å². The van der Waals surface area contributed by atoms with Gasteiger partial charge in [0.25, 0.3) is 5.91 Å². The zero-order valence-electron chi connectivity index (χ0n) is 9.76. The highest BCUT2D eigenvalue weighted by molar-refractivity contribution is 7.80. The van der Waals surface area contributed by atoms with Gasteiger partial charge in [-0.25, -0.2) is 0 Å². The van der Waals surface area contributed by atoms with Crippen molar-refractivity contribution in [2.45, 2.75) is 11.8 Å². The van der Waals surface area contributed by atoms with Crippen LogP contribution in [0.15, 0.2) is 23.1 Å². The van der Waals surface area contributed by atoms with Gasteiger partial charge in [0.05, 0.1) is 13.2 Å². The fourth-order valence-electron chi connectivity index (χ4n) is 1.57. The summed E-state index contributed by atoms with van der Waals surface area (Å²) < 4.78 is 0. The van der Waals surface area contributed by atoms with E-state index >= 15 is 0 Å². The van der Waals surface area contributed by atoms with E-state index in [1.807, 2.05) is 19.1 Å². The topological polar surface area (TPSA) is 60.8 Å². The molecule has 1 aromatic carbocycles. The van der Waals surface area contributed by atoms with Crippen LogP contribution >= 0.6 is 12.6 Å². The second-order valence-corrected chi connectivity index (χ2v) is 4.26. The summed E-state index contributed by atoms with van der Waals surface area (Å²) >= 11 is 4.20. The van der Waals surface area contributed by atoms with E-state index in [4.69, 9.17) is 10.2 Å². The number of hydrogen-bond acceptors (Lipinski definition) is 4. The Morgan fingerprint density at radius 2 is 1.88 bits per heavy atom. The number of aliphatic hydroxyl groups excluding tert-OH is 2. The van der Waals surface area contributed by atoms with Crippen molar-refractivity contribution in [3.63, 3.8) is 0 Å². The highest BCUT2D eigenvalue weighted by Crippen LogP contribution is 2.16. The predicted molar refractivity (Wildman–Crippen MR) is 68.5 cm³/mol. The molecule has 0 aliphatic heterocycles. The SMILES string of the molecule is Cc1ccc(S)cc1C(=O)N(CCO)CCO. The summed E-state index contributed by atoms with van der Waals surface area (Å²) in [4.78, 5) is 14.3. The third-order valence-electron chi connectivity index (χ3n) is 2.48. The van der Waals surface area contributed by atoms with Crippen LogP contribution < -0.4 is 0 Å². The number of nitrogens with zero attached hydrogens (tertiary/aromatic N) is 1. The van der Waals surface area contributed by atoms with Gasteiger partial charge in [0.1, 0.15) is 0 Å². The predicted octanol–water partition coefficient (Wildman–Crippen LogP) is 0.711. The molecule has 1 rings (SSSR count). The lowest BCUT2D eigenvalue weighted by molar-refractivity contribution is 0.0684. The normalized spacial score (nSPS) is 10.4. The molecule has 1 aromatic rings. The molecule has 0 spiro atoms. The second kappa shape index (κ2) is 6.64. The van der Waals surface area contributed by atoms with E-state index in [9.17, 15) is 4.79 Å². The van der Waals surface area contributed by atoms with Gasteiger partial charge in [-0.05, 0) is 24.6 Å². The van der Waals surface area contributed by atoms with Crippen LogP contribution in [0.2, 0.25) is 0 Å². The fraction of sp³-hybridized carbons (Fsp3) is 0.417. The van der Waals surface area contributed by atoms with E-state index in [-0.39, 0.29) is 32.2 Å². The zero-order chi connectivity index (χ0) is 12.8. The first-order valence-corrected chi connectivity index (χ1v) is 5.85. The summed E-state index contributed by atoms with van der Waals surface area (Å²) in [6, 6.07) is 5.34. The number of carbonyl (C=O) groups excluding carboxylic acids is 1. The summed E-state index contributed by atoms with van der Waals surface area (Å²) in [5.41, 5.74) is 1.41. The molecular formula is C12H17NO3S. The van der Waals surface area contributed by atoms with Crippen LogP contribution in [0.4, 0.5) is 0 Å². The Balaban J connectivity index is 2.95. The van der Waals surface area contributed by atoms with Gasteiger partial charge in [0, 0.05) is 23.5 Å². The van der Waals surface area contributed by atoms with Crippen molar-refractivity contribution in [2.75, 3.05) is 26.3 Å². The van der Waals surface area contributed by atoms with Gasteiger partial charge in [-0.1, -0.05) is 6.07 Å². The Kier molecular flexibility index (Phi) is 5.47. The molecule has 4 nitrogen and oxygen atoms in total. The molecule has 0 aliphatic carbocycles. The van der Waals surface area contributed by atoms with E-state index in [1.54, 1.807) is 6.07 Å². The second-order valence-electron chi connectivity index (χ2n) is 3.74. The minimum atomic E-state index is -0.193. The number of thiol groups is 1. The molecule has 0 aromatic heterocycles. The zero-order valence-corrected chi connectivity index (χ0v) is 10.7. The lowest BCUT2D eigenvalue weighted by Crippen LogP contribution is -2.36. The summed E-state index contributed by atoms with van der Waals surface area (Å²) in [5, 5.41) is 17.8. The molecule has 0 unspecified atom stereocenters. The van der Waals surface area contributed by atoms with Crippen LogP contribution in [0.5, 0.6) is 0 Å². The number of carbonyl (C=O) groups is 1. The highest BCUT2D eigenvalue weighted by Gasteiger charge is 2.16. The smallest absolute Gasteiger partial charge is 0.254 e. The molecule has 0 saturated carbocycles. The standard InChI is InChI=1S/C12H17NO3S/c1-9-2-3-10(17)8-11(9)12(16)13(4-6-14)5-7-15/h2-3,8,14-15,17H,4-7H2,1H3. The van der Waals surface area contributed by atoms with Crippen LogP contribution in [-0.4, -0.2) is 47.3 Å². The van der Waals surface area contributed by atoms with Crippen LogP contribution in [0.1, 0.15) is 15.9 Å². The van der Waals surface area contributed by atoms with Gasteiger partial charge in [-0.2, -0.15) is 0 Å². The number of aliphatic hydroxyl groups is 2. The Hall–Kier alpha value is -1.04. The number of amides is 1. The maximum absolute atomic E-state index is 12.2. The molecule has 0 fully saturated rings. The summed E-state index contributed by atoms with van der Waals surface area (Å²) in [7, 11) is 0. The number of aryl methyl sites for hydroxylation is 1. The maximum atomic E-state index is 12.2. The molecule has 17 heavy (non-hydrogen) atoms. The molecular weight excluding hydrogens is 238 g/mol. The summed E-state index contributed by atoms with van der Waals surface area (Å²) in [6.07, 6.45) is 0. The molecule has 94 valence electrons. The van der Waals surface area contributed by atoms with Gasteiger partial charge in [0.15, 0.2) is 0 Å². The van der Waals surface area contributed by atoms with Gasteiger partial charge < -0.3 is 15.1 Å². The first-order valence-electron chi connectivity index (χ1n) is 5.40. The van der Waals surface area contributed by atoms with Gasteiger partial charge >= 0.3 is 0 Å². The molecule has 0 aliphatic rings. The van der Waals surface area contributed by atoms with Gasteiger partial charge in [0.2, 0.25) is 0 Å². The van der Waals surface area contributed by atoms with E-state index in [0.29, 0.717) is 10.5 Å². The molecule has 0 atom stereocenters. The monoisotopic (exact) mass is 255 g/mol. The maximum Gasteiger partial charge on any atom is 0.254 e. The van der Waals surface area contributed by atoms with Gasteiger partial charge in [-0.15, -0.1) is 12.6 Å². The van der Waals surface area contributed by atoms with Crippen molar-refractivity contribution in [1.82, 2.24) is 4.90 Å². The van der Waals surface area contributed by atoms with E-state index < -0.39 is 0 Å². The van der Waals surface area contributed by atoms with Crippen molar-refractivity contribution in [3.8, 4) is 0 Å². The Morgan fingerprint density at radius 1 is 1.29 bits per heavy atom. The minimum absolute atomic E-state index is 0.120. The Labute approximate surface area is 106 Å². The fourth-order valence-corrected chi connectivity index (χ4v) is 1.77. The third kappa shape index (κ3) is 3.73. The Bertz CT molecular complexity index is 389. The lowest BCUT2D eigenvalue weighted by Gasteiger charge is -2.21. The van der Waals surface area contributed by atoms with Gasteiger partial charge in [-0.3, -0.25) is 4.79 Å².